The summed E-state index contributed by atoms with van der Waals surface area (Å²) in [7, 11) is 0. The maximum absolute atomic E-state index is 13.1. The monoisotopic (exact) mass is 366 g/mol. The van der Waals surface area contributed by atoms with Gasteiger partial charge >= 0.3 is 5.69 Å². The fourth-order valence-corrected chi connectivity index (χ4v) is 2.09. The van der Waals surface area contributed by atoms with E-state index in [2.05, 4.69) is 5.32 Å². The highest BCUT2D eigenvalue weighted by Crippen LogP contribution is 2.28. The molecule has 1 atom stereocenters. The lowest BCUT2D eigenvalue weighted by Gasteiger charge is -2.15. The molecule has 0 heterocycles. The molecule has 1 N–H and O–H groups in total. The van der Waals surface area contributed by atoms with Crippen molar-refractivity contribution in [1.82, 2.24) is 0 Å². The number of hydrogen-bond acceptors (Lipinski definition) is 5. The van der Waals surface area contributed by atoms with Crippen molar-refractivity contribution in [3.8, 4) is 5.75 Å². The zero-order valence-corrected chi connectivity index (χ0v) is 13.6. The van der Waals surface area contributed by atoms with Gasteiger partial charge in [0.25, 0.3) is 5.91 Å². The van der Waals surface area contributed by atoms with Crippen LogP contribution in [0, 0.1) is 15.9 Å². The minimum absolute atomic E-state index is 0.108. The summed E-state index contributed by atoms with van der Waals surface area (Å²) in [6, 6.07) is 7.25. The minimum Gasteiger partial charge on any atom is -0.474 e. The summed E-state index contributed by atoms with van der Waals surface area (Å²) in [4.78, 5) is 33.2. The molecule has 0 aromatic heterocycles. The summed E-state index contributed by atoms with van der Waals surface area (Å²) in [5.41, 5.74) is -0.0798. The molecular formula is C16H12ClFN2O5. The Balaban J connectivity index is 2.14. The maximum atomic E-state index is 13.1. The predicted molar refractivity (Wildman–Crippen MR) is 88.6 cm³/mol. The standard InChI is InChI=1S/C16H12ClFN2O5/c1-9(16(22)19-11-3-4-13(18)12(17)7-11)25-15-5-2-10(8-21)6-14(15)20(23)24/h2-9H,1H3,(H,19,22)/t9-/m1/s1. The van der Waals surface area contributed by atoms with Gasteiger partial charge in [-0.2, -0.15) is 0 Å². The Morgan fingerprint density at radius 1 is 1.36 bits per heavy atom. The first-order chi connectivity index (χ1) is 11.8. The highest BCUT2D eigenvalue weighted by Gasteiger charge is 2.22. The Bertz CT molecular complexity index is 843. The van der Waals surface area contributed by atoms with E-state index in [1.54, 1.807) is 0 Å². The van der Waals surface area contributed by atoms with Crippen LogP contribution in [0.1, 0.15) is 17.3 Å². The molecule has 0 radical (unpaired) electrons. The smallest absolute Gasteiger partial charge is 0.311 e. The van der Waals surface area contributed by atoms with Crippen LogP contribution in [-0.4, -0.2) is 23.2 Å². The summed E-state index contributed by atoms with van der Waals surface area (Å²) < 4.78 is 18.4. The lowest BCUT2D eigenvalue weighted by molar-refractivity contribution is -0.386. The van der Waals surface area contributed by atoms with E-state index in [1.807, 2.05) is 0 Å². The second-order valence-corrected chi connectivity index (χ2v) is 5.39. The molecule has 0 aliphatic heterocycles. The molecule has 0 aliphatic carbocycles. The SMILES string of the molecule is C[C@@H](Oc1ccc(C=O)cc1[N+](=O)[O-])C(=O)Nc1ccc(F)c(Cl)c1. The van der Waals surface area contributed by atoms with E-state index < -0.39 is 28.4 Å². The molecule has 2 aromatic rings. The van der Waals surface area contributed by atoms with Crippen molar-refractivity contribution >= 4 is 35.2 Å². The van der Waals surface area contributed by atoms with Gasteiger partial charge in [0, 0.05) is 17.3 Å². The van der Waals surface area contributed by atoms with Crippen LogP contribution in [0.3, 0.4) is 0 Å². The van der Waals surface area contributed by atoms with Crippen LogP contribution in [0.15, 0.2) is 36.4 Å². The average molecular weight is 367 g/mol. The first-order valence-electron chi connectivity index (χ1n) is 6.98. The van der Waals surface area contributed by atoms with Gasteiger partial charge in [-0.05, 0) is 37.3 Å². The number of nitrogens with one attached hydrogen (secondary N) is 1. The van der Waals surface area contributed by atoms with E-state index in [9.17, 15) is 24.1 Å². The zero-order valence-electron chi connectivity index (χ0n) is 12.9. The highest BCUT2D eigenvalue weighted by atomic mass is 35.5. The van der Waals surface area contributed by atoms with Gasteiger partial charge < -0.3 is 10.1 Å². The quantitative estimate of drug-likeness (QED) is 0.478. The maximum Gasteiger partial charge on any atom is 0.311 e. The van der Waals surface area contributed by atoms with Gasteiger partial charge in [-0.3, -0.25) is 19.7 Å². The van der Waals surface area contributed by atoms with Crippen molar-refractivity contribution in [2.24, 2.45) is 0 Å². The third kappa shape index (κ3) is 4.51. The van der Waals surface area contributed by atoms with E-state index in [0.717, 1.165) is 12.1 Å². The van der Waals surface area contributed by atoms with Gasteiger partial charge in [0.15, 0.2) is 11.9 Å². The molecule has 0 saturated heterocycles. The van der Waals surface area contributed by atoms with Gasteiger partial charge in [-0.25, -0.2) is 4.39 Å². The number of aldehydes is 1. The number of benzene rings is 2. The van der Waals surface area contributed by atoms with Crippen LogP contribution in [0.25, 0.3) is 0 Å². The van der Waals surface area contributed by atoms with Gasteiger partial charge in [-0.1, -0.05) is 11.6 Å². The van der Waals surface area contributed by atoms with Gasteiger partial charge in [-0.15, -0.1) is 0 Å². The van der Waals surface area contributed by atoms with Gasteiger partial charge in [0.05, 0.1) is 9.95 Å². The third-order valence-electron chi connectivity index (χ3n) is 3.18. The molecular weight excluding hydrogens is 355 g/mol. The van der Waals surface area contributed by atoms with Crippen molar-refractivity contribution in [2.45, 2.75) is 13.0 Å². The predicted octanol–water partition coefficient (Wildman–Crippen LogP) is 3.61. The molecule has 2 aromatic carbocycles. The number of nitrogens with zero attached hydrogens (tertiary/aromatic N) is 1. The molecule has 0 aliphatic rings. The second-order valence-electron chi connectivity index (χ2n) is 4.98. The summed E-state index contributed by atoms with van der Waals surface area (Å²) in [5, 5.41) is 13.4. The van der Waals surface area contributed by atoms with E-state index in [1.165, 1.54) is 31.2 Å². The number of amides is 1. The Kier molecular flexibility index (Phi) is 5.66. The van der Waals surface area contributed by atoms with Crippen LogP contribution >= 0.6 is 11.6 Å². The van der Waals surface area contributed by atoms with Gasteiger partial charge in [0.2, 0.25) is 0 Å². The number of carbonyl (C=O) groups is 2. The largest absolute Gasteiger partial charge is 0.474 e. The normalized spacial score (nSPS) is 11.5. The number of rotatable bonds is 6. The summed E-state index contributed by atoms with van der Waals surface area (Å²) in [5.74, 6) is -1.40. The number of nitro benzene ring substituents is 1. The van der Waals surface area contributed by atoms with Gasteiger partial charge in [0.1, 0.15) is 12.1 Å². The summed E-state index contributed by atoms with van der Waals surface area (Å²) in [6.45, 7) is 1.39. The van der Waals surface area contributed by atoms with Crippen molar-refractivity contribution < 1.29 is 23.6 Å². The molecule has 2 rings (SSSR count). The van der Waals surface area contributed by atoms with Crippen LogP contribution in [-0.2, 0) is 4.79 Å². The van der Waals surface area contributed by atoms with Crippen molar-refractivity contribution in [2.75, 3.05) is 5.32 Å². The number of hydrogen-bond donors (Lipinski definition) is 1. The Hall–Kier alpha value is -3.00. The molecule has 25 heavy (non-hydrogen) atoms. The fraction of sp³-hybridized carbons (Fsp3) is 0.125. The number of ether oxygens (including phenoxy) is 1. The Labute approximate surface area is 146 Å². The fourth-order valence-electron chi connectivity index (χ4n) is 1.91. The lowest BCUT2D eigenvalue weighted by atomic mass is 10.2. The molecule has 0 saturated carbocycles. The molecule has 0 unspecified atom stereocenters. The molecule has 0 fully saturated rings. The highest BCUT2D eigenvalue weighted by molar-refractivity contribution is 6.31. The topological polar surface area (TPSA) is 98.5 Å². The van der Waals surface area contributed by atoms with Crippen LogP contribution in [0.5, 0.6) is 5.75 Å². The summed E-state index contributed by atoms with van der Waals surface area (Å²) >= 11 is 5.63. The Morgan fingerprint density at radius 2 is 2.08 bits per heavy atom. The molecule has 0 bridgehead atoms. The van der Waals surface area contributed by atoms with E-state index in [0.29, 0.717) is 6.29 Å². The molecule has 1 amide bonds. The van der Waals surface area contributed by atoms with E-state index in [-0.39, 0.29) is 22.0 Å². The van der Waals surface area contributed by atoms with Crippen molar-refractivity contribution in [3.05, 3.63) is 62.9 Å². The number of halogens is 2. The average Bonchev–Trinajstić information content (AvgIpc) is 2.58. The van der Waals surface area contributed by atoms with E-state index in [4.69, 9.17) is 16.3 Å². The molecule has 9 heteroatoms. The van der Waals surface area contributed by atoms with Crippen LogP contribution in [0.2, 0.25) is 5.02 Å². The zero-order chi connectivity index (χ0) is 18.6. The van der Waals surface area contributed by atoms with Crippen molar-refractivity contribution in [3.63, 3.8) is 0 Å². The molecule has 130 valence electrons. The Morgan fingerprint density at radius 3 is 2.68 bits per heavy atom. The molecule has 0 spiro atoms. The third-order valence-corrected chi connectivity index (χ3v) is 3.47. The number of anilines is 1. The van der Waals surface area contributed by atoms with E-state index >= 15 is 0 Å². The summed E-state index contributed by atoms with van der Waals surface area (Å²) in [6.07, 6.45) is -0.629. The van der Waals surface area contributed by atoms with Crippen LogP contribution in [0.4, 0.5) is 15.8 Å². The van der Waals surface area contributed by atoms with Crippen LogP contribution < -0.4 is 10.1 Å². The minimum atomic E-state index is -1.09. The number of carbonyl (C=O) groups excluding carboxylic acids is 2. The first kappa shape index (κ1) is 18.3. The second kappa shape index (κ2) is 7.71. The number of nitro groups is 1. The molecule has 7 nitrogen and oxygen atoms in total. The van der Waals surface area contributed by atoms with Crippen molar-refractivity contribution in [1.29, 1.82) is 0 Å². The first-order valence-corrected chi connectivity index (χ1v) is 7.36. The lowest BCUT2D eigenvalue weighted by Crippen LogP contribution is -2.30.